The van der Waals surface area contributed by atoms with Crippen LogP contribution in [0.25, 0.3) is 0 Å². The van der Waals surface area contributed by atoms with Crippen molar-refractivity contribution in [1.82, 2.24) is 0 Å². The van der Waals surface area contributed by atoms with Crippen molar-refractivity contribution in [3.8, 4) is 0 Å². The molecule has 0 amide bonds. The van der Waals surface area contributed by atoms with Crippen molar-refractivity contribution < 1.29 is 4.74 Å². The van der Waals surface area contributed by atoms with Crippen LogP contribution >= 0.6 is 0 Å². The second kappa shape index (κ2) is 4.14. The van der Waals surface area contributed by atoms with Gasteiger partial charge in [0.05, 0.1) is 8.80 Å². The van der Waals surface area contributed by atoms with Crippen molar-refractivity contribution in [2.24, 2.45) is 0 Å². The predicted molar refractivity (Wildman–Crippen MR) is 47.1 cm³/mol. The van der Waals surface area contributed by atoms with Gasteiger partial charge in [0.25, 0.3) is 0 Å². The van der Waals surface area contributed by atoms with Gasteiger partial charge in [-0.2, -0.15) is 0 Å². The molecule has 0 spiro atoms. The maximum atomic E-state index is 5.69. The highest BCUT2D eigenvalue weighted by Gasteiger charge is 2.19. The molecule has 0 aliphatic carbocycles. The van der Waals surface area contributed by atoms with Gasteiger partial charge in [-0.3, -0.25) is 0 Å². The number of rotatable bonds is 2. The molecule has 1 heterocycles. The largest absolute Gasteiger partial charge is 0.382 e. The summed E-state index contributed by atoms with van der Waals surface area (Å²) in [6.45, 7) is 5.76. The van der Waals surface area contributed by atoms with Crippen LogP contribution in [0.5, 0.6) is 0 Å². The highest BCUT2D eigenvalue weighted by Crippen LogP contribution is 2.16. The predicted octanol–water partition coefficient (Wildman–Crippen LogP) is 1.97. The average Bonchev–Trinajstić information content (AvgIpc) is 2.05. The first-order chi connectivity index (χ1) is 4.84. The van der Waals surface area contributed by atoms with Crippen LogP contribution < -0.4 is 0 Å². The summed E-state index contributed by atoms with van der Waals surface area (Å²) in [5.41, 5.74) is 0.707. The van der Waals surface area contributed by atoms with Crippen LogP contribution in [0.3, 0.4) is 0 Å². The third-order valence-corrected chi connectivity index (χ3v) is 5.58. The van der Waals surface area contributed by atoms with E-state index in [2.05, 4.69) is 13.5 Å². The molecule has 1 aliphatic rings. The fourth-order valence-electron chi connectivity index (χ4n) is 1.48. The lowest BCUT2D eigenvalue weighted by Gasteiger charge is -2.26. The Morgan fingerprint density at radius 2 is 2.30 bits per heavy atom. The Morgan fingerprint density at radius 1 is 1.50 bits per heavy atom. The van der Waals surface area contributed by atoms with Crippen LogP contribution in [0.2, 0.25) is 12.6 Å². The van der Waals surface area contributed by atoms with Crippen molar-refractivity contribution in [3.63, 3.8) is 0 Å². The Hall–Kier alpha value is 0.177. The summed E-state index contributed by atoms with van der Waals surface area (Å²) < 4.78 is 5.69. The molecule has 0 aromatic rings. The molecule has 0 aromatic heterocycles. The van der Waals surface area contributed by atoms with Crippen molar-refractivity contribution in [2.45, 2.75) is 44.5 Å². The quantitative estimate of drug-likeness (QED) is 0.558. The van der Waals surface area contributed by atoms with Crippen LogP contribution in [-0.2, 0) is 4.74 Å². The molecule has 2 unspecified atom stereocenters. The van der Waals surface area contributed by atoms with Crippen molar-refractivity contribution >= 4 is 8.80 Å². The number of ether oxygens (including phenoxy) is 1. The maximum Gasteiger partial charge on any atom is 0.0683 e. The Morgan fingerprint density at radius 3 is 2.80 bits per heavy atom. The van der Waals surface area contributed by atoms with Gasteiger partial charge in [-0.15, -0.1) is 0 Å². The molecule has 1 rings (SSSR count). The summed E-state index contributed by atoms with van der Waals surface area (Å²) in [5, 5.41) is 0. The van der Waals surface area contributed by atoms with E-state index >= 15 is 0 Å². The van der Waals surface area contributed by atoms with Gasteiger partial charge < -0.3 is 4.74 Å². The van der Waals surface area contributed by atoms with E-state index in [0.29, 0.717) is 5.73 Å². The molecule has 1 fully saturated rings. The maximum absolute atomic E-state index is 5.69. The lowest BCUT2D eigenvalue weighted by molar-refractivity contribution is 0.0627. The molecule has 0 aromatic carbocycles. The lowest BCUT2D eigenvalue weighted by atomic mass is 10.2. The Bertz CT molecular complexity index is 89.3. The van der Waals surface area contributed by atoms with Gasteiger partial charge in [0.2, 0.25) is 0 Å². The topological polar surface area (TPSA) is 9.23 Å². The molecule has 10 heavy (non-hydrogen) atoms. The van der Waals surface area contributed by atoms with E-state index in [4.69, 9.17) is 4.74 Å². The van der Waals surface area contributed by atoms with Crippen molar-refractivity contribution in [3.05, 3.63) is 0 Å². The van der Waals surface area contributed by atoms with Gasteiger partial charge >= 0.3 is 0 Å². The first kappa shape index (κ1) is 8.28. The van der Waals surface area contributed by atoms with Gasteiger partial charge in [0, 0.05) is 12.3 Å². The second-order valence-electron chi connectivity index (χ2n) is 3.29. The summed E-state index contributed by atoms with van der Waals surface area (Å²) in [4.78, 5) is 0. The normalized spacial score (nSPS) is 30.0. The third-order valence-electron chi connectivity index (χ3n) is 2.49. The Balaban J connectivity index is 2.24. The van der Waals surface area contributed by atoms with Crippen LogP contribution in [0.15, 0.2) is 0 Å². The van der Waals surface area contributed by atoms with E-state index in [1.165, 1.54) is 25.3 Å². The van der Waals surface area contributed by atoms with Crippen molar-refractivity contribution in [1.29, 1.82) is 0 Å². The SMILES string of the molecule is CC[SiH](C)C1CCCCO1. The van der Waals surface area contributed by atoms with Crippen molar-refractivity contribution in [2.75, 3.05) is 6.61 Å². The van der Waals surface area contributed by atoms with Gasteiger partial charge in [-0.05, 0) is 19.3 Å². The molecule has 0 bridgehead atoms. The number of hydrogen-bond acceptors (Lipinski definition) is 1. The molecule has 1 aliphatic heterocycles. The fraction of sp³-hybridized carbons (Fsp3) is 1.00. The van der Waals surface area contributed by atoms with Gasteiger partial charge in [-0.25, -0.2) is 0 Å². The Kier molecular flexibility index (Phi) is 3.42. The molecule has 1 saturated heterocycles. The highest BCUT2D eigenvalue weighted by molar-refractivity contribution is 6.58. The van der Waals surface area contributed by atoms with Crippen LogP contribution in [0.4, 0.5) is 0 Å². The van der Waals surface area contributed by atoms with Crippen LogP contribution in [0, 0.1) is 0 Å². The Labute approximate surface area is 65.4 Å². The van der Waals surface area contributed by atoms with E-state index in [1.807, 2.05) is 0 Å². The van der Waals surface area contributed by atoms with E-state index in [1.54, 1.807) is 0 Å². The molecule has 0 N–H and O–H groups in total. The third kappa shape index (κ3) is 2.10. The van der Waals surface area contributed by atoms with E-state index in [-0.39, 0.29) is 0 Å². The summed E-state index contributed by atoms with van der Waals surface area (Å²) in [6.07, 6.45) is 4.05. The molecular formula is C8H18OSi. The summed E-state index contributed by atoms with van der Waals surface area (Å²) >= 11 is 0. The molecule has 1 nitrogen and oxygen atoms in total. The van der Waals surface area contributed by atoms with Gasteiger partial charge in [-0.1, -0.05) is 19.5 Å². The standard InChI is InChI=1S/C8H18OSi/c1-3-10(2)8-6-4-5-7-9-8/h8,10H,3-7H2,1-2H3. The van der Waals surface area contributed by atoms with Gasteiger partial charge in [0.15, 0.2) is 0 Å². The van der Waals surface area contributed by atoms with Crippen LogP contribution in [0.1, 0.15) is 26.2 Å². The lowest BCUT2D eigenvalue weighted by Crippen LogP contribution is -2.32. The molecule has 2 atom stereocenters. The average molecular weight is 158 g/mol. The smallest absolute Gasteiger partial charge is 0.0683 e. The molecule has 0 saturated carbocycles. The molecule has 2 heteroatoms. The zero-order valence-corrected chi connectivity index (χ0v) is 8.25. The molecular weight excluding hydrogens is 140 g/mol. The van der Waals surface area contributed by atoms with E-state index in [9.17, 15) is 0 Å². The first-order valence-corrected chi connectivity index (χ1v) is 7.10. The zero-order chi connectivity index (χ0) is 7.40. The van der Waals surface area contributed by atoms with Crippen LogP contribution in [-0.4, -0.2) is 21.1 Å². The minimum Gasteiger partial charge on any atom is -0.382 e. The summed E-state index contributed by atoms with van der Waals surface area (Å²) in [7, 11) is -0.485. The van der Waals surface area contributed by atoms with Gasteiger partial charge in [0.1, 0.15) is 0 Å². The fourth-order valence-corrected chi connectivity index (χ4v) is 3.27. The number of hydrogen-bond donors (Lipinski definition) is 0. The second-order valence-corrected chi connectivity index (χ2v) is 6.81. The highest BCUT2D eigenvalue weighted by atomic mass is 28.3. The summed E-state index contributed by atoms with van der Waals surface area (Å²) in [5.74, 6) is 0. The zero-order valence-electron chi connectivity index (χ0n) is 7.10. The minimum atomic E-state index is -0.485. The monoisotopic (exact) mass is 158 g/mol. The first-order valence-electron chi connectivity index (χ1n) is 4.46. The minimum absolute atomic E-state index is 0.485. The van der Waals surface area contributed by atoms with E-state index < -0.39 is 8.80 Å². The van der Waals surface area contributed by atoms with E-state index in [0.717, 1.165) is 6.61 Å². The summed E-state index contributed by atoms with van der Waals surface area (Å²) in [6, 6.07) is 1.39. The molecule has 60 valence electrons. The molecule has 0 radical (unpaired) electrons.